The van der Waals surface area contributed by atoms with Crippen LogP contribution in [0, 0.1) is 5.92 Å². The van der Waals surface area contributed by atoms with Gasteiger partial charge in [0.2, 0.25) is 5.91 Å². The number of carbonyl (C=O) groups excluding carboxylic acids is 1. The summed E-state index contributed by atoms with van der Waals surface area (Å²) in [4.78, 5) is 12.4. The van der Waals surface area contributed by atoms with E-state index in [9.17, 15) is 4.79 Å². The Morgan fingerprint density at radius 2 is 2.16 bits per heavy atom. The quantitative estimate of drug-likeness (QED) is 0.872. The molecule has 1 saturated heterocycles. The Kier molecular flexibility index (Phi) is 4.97. The molecule has 0 spiro atoms. The molecule has 3 heteroatoms. The fourth-order valence-corrected chi connectivity index (χ4v) is 2.72. The standard InChI is InChI=1S/C16H24N2O/c1-3-14(13-7-5-4-6-8-13)16(19)18-15-11-17-10-9-12(15)2/h4-8,12,14-15,17H,3,9-11H2,1-2H3,(H,18,19). The van der Waals surface area contributed by atoms with Gasteiger partial charge in [-0.05, 0) is 30.9 Å². The van der Waals surface area contributed by atoms with E-state index in [0.29, 0.717) is 5.92 Å². The zero-order chi connectivity index (χ0) is 13.7. The van der Waals surface area contributed by atoms with Crippen molar-refractivity contribution in [1.29, 1.82) is 0 Å². The lowest BCUT2D eigenvalue weighted by Gasteiger charge is -2.31. The van der Waals surface area contributed by atoms with Crippen LogP contribution in [0.3, 0.4) is 0 Å². The first-order chi connectivity index (χ1) is 9.22. The first kappa shape index (κ1) is 14.1. The van der Waals surface area contributed by atoms with Crippen molar-refractivity contribution in [1.82, 2.24) is 10.6 Å². The minimum Gasteiger partial charge on any atom is -0.351 e. The molecule has 0 bridgehead atoms. The van der Waals surface area contributed by atoms with Crippen molar-refractivity contribution in [2.75, 3.05) is 13.1 Å². The van der Waals surface area contributed by atoms with Crippen LogP contribution in [0.5, 0.6) is 0 Å². The first-order valence-corrected chi connectivity index (χ1v) is 7.28. The molecule has 104 valence electrons. The van der Waals surface area contributed by atoms with Crippen LogP contribution in [-0.2, 0) is 4.79 Å². The lowest BCUT2D eigenvalue weighted by molar-refractivity contribution is -0.123. The summed E-state index contributed by atoms with van der Waals surface area (Å²) in [7, 11) is 0. The van der Waals surface area contributed by atoms with Gasteiger partial charge in [0.05, 0.1) is 5.92 Å². The molecular formula is C16H24N2O. The molecule has 0 aliphatic carbocycles. The van der Waals surface area contributed by atoms with E-state index in [1.807, 2.05) is 30.3 Å². The third-order valence-corrected chi connectivity index (χ3v) is 4.08. The maximum atomic E-state index is 12.4. The van der Waals surface area contributed by atoms with Crippen LogP contribution < -0.4 is 10.6 Å². The Balaban J connectivity index is 2.01. The minimum atomic E-state index is -0.0321. The maximum Gasteiger partial charge on any atom is 0.227 e. The number of piperidine rings is 1. The van der Waals surface area contributed by atoms with Crippen LogP contribution in [0.15, 0.2) is 30.3 Å². The van der Waals surface area contributed by atoms with Gasteiger partial charge in [-0.2, -0.15) is 0 Å². The lowest BCUT2D eigenvalue weighted by atomic mass is 9.92. The van der Waals surface area contributed by atoms with Gasteiger partial charge in [-0.3, -0.25) is 4.79 Å². The summed E-state index contributed by atoms with van der Waals surface area (Å²) < 4.78 is 0. The fraction of sp³-hybridized carbons (Fsp3) is 0.562. The van der Waals surface area contributed by atoms with Crippen LogP contribution in [0.4, 0.5) is 0 Å². The molecule has 1 aliphatic rings. The molecule has 3 unspecified atom stereocenters. The van der Waals surface area contributed by atoms with Gasteiger partial charge >= 0.3 is 0 Å². The lowest BCUT2D eigenvalue weighted by Crippen LogP contribution is -2.51. The zero-order valence-electron chi connectivity index (χ0n) is 11.9. The van der Waals surface area contributed by atoms with E-state index in [2.05, 4.69) is 24.5 Å². The van der Waals surface area contributed by atoms with Crippen LogP contribution >= 0.6 is 0 Å². The second-order valence-corrected chi connectivity index (χ2v) is 5.46. The average molecular weight is 260 g/mol. The zero-order valence-corrected chi connectivity index (χ0v) is 11.9. The minimum absolute atomic E-state index is 0.0321. The molecule has 0 saturated carbocycles. The Bertz CT molecular complexity index is 404. The molecular weight excluding hydrogens is 236 g/mol. The first-order valence-electron chi connectivity index (χ1n) is 7.28. The number of hydrogen-bond acceptors (Lipinski definition) is 2. The van der Waals surface area contributed by atoms with Crippen LogP contribution in [0.25, 0.3) is 0 Å². The largest absolute Gasteiger partial charge is 0.351 e. The van der Waals surface area contributed by atoms with E-state index in [4.69, 9.17) is 0 Å². The van der Waals surface area contributed by atoms with Crippen molar-refractivity contribution in [2.24, 2.45) is 5.92 Å². The second-order valence-electron chi connectivity index (χ2n) is 5.46. The van der Waals surface area contributed by atoms with Crippen molar-refractivity contribution in [3.05, 3.63) is 35.9 Å². The Morgan fingerprint density at radius 3 is 2.79 bits per heavy atom. The van der Waals surface area contributed by atoms with Gasteiger partial charge in [0.15, 0.2) is 0 Å². The molecule has 1 aromatic rings. The highest BCUT2D eigenvalue weighted by molar-refractivity contribution is 5.83. The van der Waals surface area contributed by atoms with Gasteiger partial charge in [-0.15, -0.1) is 0 Å². The summed E-state index contributed by atoms with van der Waals surface area (Å²) in [6, 6.07) is 10.3. The van der Waals surface area contributed by atoms with E-state index in [1.165, 1.54) is 0 Å². The Labute approximate surface area is 115 Å². The highest BCUT2D eigenvalue weighted by Crippen LogP contribution is 2.20. The number of benzene rings is 1. The molecule has 1 amide bonds. The Morgan fingerprint density at radius 1 is 1.42 bits per heavy atom. The fourth-order valence-electron chi connectivity index (χ4n) is 2.72. The highest BCUT2D eigenvalue weighted by atomic mass is 16.1. The highest BCUT2D eigenvalue weighted by Gasteiger charge is 2.26. The smallest absolute Gasteiger partial charge is 0.227 e. The molecule has 2 N–H and O–H groups in total. The van der Waals surface area contributed by atoms with Crippen molar-refractivity contribution in [2.45, 2.75) is 38.6 Å². The molecule has 2 rings (SSSR count). The van der Waals surface area contributed by atoms with E-state index < -0.39 is 0 Å². The number of rotatable bonds is 4. The predicted octanol–water partition coefficient (Wildman–Crippen LogP) is 2.29. The molecule has 3 atom stereocenters. The topological polar surface area (TPSA) is 41.1 Å². The summed E-state index contributed by atoms with van der Waals surface area (Å²) in [6.07, 6.45) is 1.97. The van der Waals surface area contributed by atoms with Crippen LogP contribution in [0.1, 0.15) is 38.2 Å². The monoisotopic (exact) mass is 260 g/mol. The van der Waals surface area contributed by atoms with Crippen LogP contribution in [0.2, 0.25) is 0 Å². The summed E-state index contributed by atoms with van der Waals surface area (Å²) in [5, 5.41) is 6.57. The van der Waals surface area contributed by atoms with E-state index in [0.717, 1.165) is 31.5 Å². The SMILES string of the molecule is CCC(C(=O)NC1CNCCC1C)c1ccccc1. The second kappa shape index (κ2) is 6.71. The molecule has 0 radical (unpaired) electrons. The third kappa shape index (κ3) is 3.57. The number of amides is 1. The van der Waals surface area contributed by atoms with Gasteiger partial charge < -0.3 is 10.6 Å². The number of carbonyl (C=O) groups is 1. The normalized spacial score (nSPS) is 24.7. The van der Waals surface area contributed by atoms with Gasteiger partial charge in [-0.1, -0.05) is 44.2 Å². The summed E-state index contributed by atoms with van der Waals surface area (Å²) >= 11 is 0. The average Bonchev–Trinajstić information content (AvgIpc) is 2.43. The Hall–Kier alpha value is -1.35. The van der Waals surface area contributed by atoms with E-state index in [-0.39, 0.29) is 17.9 Å². The molecule has 1 aliphatic heterocycles. The van der Waals surface area contributed by atoms with Crippen molar-refractivity contribution >= 4 is 5.91 Å². The van der Waals surface area contributed by atoms with Crippen molar-refractivity contribution in [3.63, 3.8) is 0 Å². The molecule has 1 fully saturated rings. The number of hydrogen-bond donors (Lipinski definition) is 2. The van der Waals surface area contributed by atoms with Crippen molar-refractivity contribution in [3.8, 4) is 0 Å². The predicted molar refractivity (Wildman–Crippen MR) is 78.1 cm³/mol. The maximum absolute atomic E-state index is 12.4. The molecule has 0 aromatic heterocycles. The van der Waals surface area contributed by atoms with Crippen LogP contribution in [-0.4, -0.2) is 25.0 Å². The number of nitrogens with one attached hydrogen (secondary N) is 2. The summed E-state index contributed by atoms with van der Waals surface area (Å²) in [6.45, 7) is 6.23. The molecule has 1 aromatic carbocycles. The van der Waals surface area contributed by atoms with E-state index >= 15 is 0 Å². The van der Waals surface area contributed by atoms with Gasteiger partial charge in [0.1, 0.15) is 0 Å². The molecule has 3 nitrogen and oxygen atoms in total. The van der Waals surface area contributed by atoms with E-state index in [1.54, 1.807) is 0 Å². The van der Waals surface area contributed by atoms with Gasteiger partial charge in [0.25, 0.3) is 0 Å². The summed E-state index contributed by atoms with van der Waals surface area (Å²) in [5.41, 5.74) is 1.11. The molecule has 19 heavy (non-hydrogen) atoms. The summed E-state index contributed by atoms with van der Waals surface area (Å²) in [5.74, 6) is 0.683. The molecule has 1 heterocycles. The third-order valence-electron chi connectivity index (χ3n) is 4.08. The van der Waals surface area contributed by atoms with Gasteiger partial charge in [-0.25, -0.2) is 0 Å². The van der Waals surface area contributed by atoms with Gasteiger partial charge in [0, 0.05) is 12.6 Å². The van der Waals surface area contributed by atoms with Crippen molar-refractivity contribution < 1.29 is 4.79 Å².